The summed E-state index contributed by atoms with van der Waals surface area (Å²) in [5, 5.41) is 0. The molecule has 10 nitrogen and oxygen atoms in total. The Kier molecular flexibility index (Phi) is 16.8. The van der Waals surface area contributed by atoms with E-state index in [0.717, 1.165) is 5.56 Å². The second-order valence-corrected chi connectivity index (χ2v) is 8.32. The van der Waals surface area contributed by atoms with Gasteiger partial charge in [-0.1, -0.05) is 17.7 Å². The van der Waals surface area contributed by atoms with E-state index in [-0.39, 0.29) is 30.5 Å². The van der Waals surface area contributed by atoms with Crippen molar-refractivity contribution >= 4 is 16.1 Å². The van der Waals surface area contributed by atoms with E-state index in [9.17, 15) is 13.2 Å². The molecule has 1 rings (SSSR count). The van der Waals surface area contributed by atoms with Crippen molar-refractivity contribution in [2.24, 2.45) is 0 Å². The highest BCUT2D eigenvalue weighted by molar-refractivity contribution is 7.86. The molecule has 0 heterocycles. The fourth-order valence-corrected chi connectivity index (χ4v) is 3.24. The van der Waals surface area contributed by atoms with Gasteiger partial charge in [-0.2, -0.15) is 8.42 Å². The van der Waals surface area contributed by atoms with Crippen LogP contribution in [0, 0.1) is 6.92 Å². The third-order valence-corrected chi connectivity index (χ3v) is 5.35. The molecule has 0 aliphatic carbocycles. The Labute approximate surface area is 196 Å². The highest BCUT2D eigenvalue weighted by Crippen LogP contribution is 2.12. The molecule has 0 atom stereocenters. The molecule has 0 N–H and O–H groups in total. The molecule has 0 bridgehead atoms. The molecular formula is C22H36O10S. The molecule has 1 aromatic carbocycles. The quantitative estimate of drug-likeness (QED) is 0.143. The van der Waals surface area contributed by atoms with E-state index in [1.165, 1.54) is 12.1 Å². The maximum Gasteiger partial charge on any atom is 0.308 e. The summed E-state index contributed by atoms with van der Waals surface area (Å²) < 4.78 is 60.4. The number of aryl methyl sites for hydroxylation is 1. The first-order chi connectivity index (χ1) is 16.0. The predicted molar refractivity (Wildman–Crippen MR) is 120 cm³/mol. The Hall–Kier alpha value is -1.60. The van der Waals surface area contributed by atoms with Crippen LogP contribution < -0.4 is 0 Å². The zero-order valence-electron chi connectivity index (χ0n) is 19.5. The lowest BCUT2D eigenvalue weighted by molar-refractivity contribution is -0.144. The number of rotatable bonds is 21. The summed E-state index contributed by atoms with van der Waals surface area (Å²) in [4.78, 5) is 11.2. The summed E-state index contributed by atoms with van der Waals surface area (Å²) in [5.41, 5.74) is 0.974. The molecule has 0 spiro atoms. The summed E-state index contributed by atoms with van der Waals surface area (Å²) in [7, 11) is -3.76. The van der Waals surface area contributed by atoms with Crippen molar-refractivity contribution < 1.29 is 45.8 Å². The van der Waals surface area contributed by atoms with Gasteiger partial charge in [0.05, 0.1) is 90.6 Å². The van der Waals surface area contributed by atoms with Crippen molar-refractivity contribution in [1.29, 1.82) is 0 Å². The maximum absolute atomic E-state index is 12.0. The standard InChI is InChI=1S/C22H36O10S/c1-3-31-22(23)8-9-26-10-11-27-12-13-28-14-15-29-16-17-30-18-19-32-33(24,25)21-6-4-20(2)5-7-21/h4-7H,3,8-19H2,1-2H3. The number of hydrogen-bond acceptors (Lipinski definition) is 10. The highest BCUT2D eigenvalue weighted by Gasteiger charge is 2.14. The molecule has 0 aromatic heterocycles. The van der Waals surface area contributed by atoms with Crippen molar-refractivity contribution in [3.05, 3.63) is 29.8 Å². The molecule has 11 heteroatoms. The van der Waals surface area contributed by atoms with Gasteiger partial charge in [-0.25, -0.2) is 0 Å². The van der Waals surface area contributed by atoms with Crippen molar-refractivity contribution in [1.82, 2.24) is 0 Å². The Morgan fingerprint density at radius 3 is 1.58 bits per heavy atom. The minimum atomic E-state index is -3.76. The van der Waals surface area contributed by atoms with Gasteiger partial charge in [0.25, 0.3) is 10.1 Å². The molecule has 33 heavy (non-hydrogen) atoms. The molecule has 0 radical (unpaired) electrons. The third kappa shape index (κ3) is 15.8. The topological polar surface area (TPSA) is 116 Å². The van der Waals surface area contributed by atoms with Crippen LogP contribution in [0.2, 0.25) is 0 Å². The van der Waals surface area contributed by atoms with E-state index >= 15 is 0 Å². The van der Waals surface area contributed by atoms with Crippen molar-refractivity contribution in [3.8, 4) is 0 Å². The summed E-state index contributed by atoms with van der Waals surface area (Å²) in [6.07, 6.45) is 0.242. The molecule has 190 valence electrons. The van der Waals surface area contributed by atoms with Crippen molar-refractivity contribution in [2.75, 3.05) is 79.3 Å². The minimum Gasteiger partial charge on any atom is -0.466 e. The number of hydrogen-bond donors (Lipinski definition) is 0. The van der Waals surface area contributed by atoms with Gasteiger partial charge in [0.15, 0.2) is 0 Å². The lowest BCUT2D eigenvalue weighted by atomic mass is 10.2. The number of esters is 1. The summed E-state index contributed by atoms with van der Waals surface area (Å²) in [6, 6.07) is 6.46. The monoisotopic (exact) mass is 492 g/mol. The van der Waals surface area contributed by atoms with Crippen LogP contribution in [0.4, 0.5) is 0 Å². The second-order valence-electron chi connectivity index (χ2n) is 6.71. The van der Waals surface area contributed by atoms with Gasteiger partial charge in [-0.3, -0.25) is 8.98 Å². The van der Waals surface area contributed by atoms with Crippen LogP contribution in [0.15, 0.2) is 29.2 Å². The fraction of sp³-hybridized carbons (Fsp3) is 0.682. The van der Waals surface area contributed by atoms with Crippen molar-refractivity contribution in [2.45, 2.75) is 25.2 Å². The Morgan fingerprint density at radius 2 is 1.12 bits per heavy atom. The molecule has 0 saturated carbocycles. The predicted octanol–water partition coefficient (Wildman–Crippen LogP) is 1.74. The van der Waals surface area contributed by atoms with Crippen LogP contribution in [0.3, 0.4) is 0 Å². The maximum atomic E-state index is 12.0. The number of ether oxygens (including phenoxy) is 6. The van der Waals surface area contributed by atoms with Gasteiger partial charge in [-0.15, -0.1) is 0 Å². The van der Waals surface area contributed by atoms with E-state index < -0.39 is 10.1 Å². The SMILES string of the molecule is CCOC(=O)CCOCCOCCOCCOCCOCCOS(=O)(=O)c1ccc(C)cc1. The van der Waals surface area contributed by atoms with E-state index in [1.807, 2.05) is 6.92 Å². The van der Waals surface area contributed by atoms with Crippen LogP contribution in [0.25, 0.3) is 0 Å². The average molecular weight is 493 g/mol. The molecular weight excluding hydrogens is 456 g/mol. The van der Waals surface area contributed by atoms with Gasteiger partial charge >= 0.3 is 5.97 Å². The first-order valence-electron chi connectivity index (χ1n) is 11.0. The van der Waals surface area contributed by atoms with E-state index in [0.29, 0.717) is 66.1 Å². The van der Waals surface area contributed by atoms with Crippen LogP contribution in [-0.2, 0) is 47.5 Å². The number of carbonyl (C=O) groups is 1. The normalized spacial score (nSPS) is 11.6. The van der Waals surface area contributed by atoms with E-state index in [4.69, 9.17) is 32.6 Å². The Balaban J connectivity index is 1.82. The average Bonchev–Trinajstić information content (AvgIpc) is 2.78. The van der Waals surface area contributed by atoms with Crippen molar-refractivity contribution in [3.63, 3.8) is 0 Å². The van der Waals surface area contributed by atoms with E-state index in [2.05, 4.69) is 0 Å². The first-order valence-corrected chi connectivity index (χ1v) is 12.4. The van der Waals surface area contributed by atoms with Crippen LogP contribution in [0.1, 0.15) is 18.9 Å². The van der Waals surface area contributed by atoms with Crippen LogP contribution in [0.5, 0.6) is 0 Å². The van der Waals surface area contributed by atoms with Gasteiger partial charge in [0.2, 0.25) is 0 Å². The first kappa shape index (κ1) is 29.4. The number of carbonyl (C=O) groups excluding carboxylic acids is 1. The van der Waals surface area contributed by atoms with Crippen LogP contribution >= 0.6 is 0 Å². The zero-order valence-corrected chi connectivity index (χ0v) is 20.3. The molecule has 0 fully saturated rings. The van der Waals surface area contributed by atoms with Gasteiger partial charge in [-0.05, 0) is 26.0 Å². The van der Waals surface area contributed by atoms with Gasteiger partial charge in [0.1, 0.15) is 0 Å². The Morgan fingerprint density at radius 1 is 0.697 bits per heavy atom. The van der Waals surface area contributed by atoms with Gasteiger partial charge in [0, 0.05) is 0 Å². The molecule has 0 aliphatic rings. The summed E-state index contributed by atoms with van der Waals surface area (Å²) in [6.45, 7) is 7.68. The largest absolute Gasteiger partial charge is 0.466 e. The Bertz CT molecular complexity index is 721. The lowest BCUT2D eigenvalue weighted by Gasteiger charge is -2.08. The lowest BCUT2D eigenvalue weighted by Crippen LogP contribution is -2.15. The molecule has 0 unspecified atom stereocenters. The molecule has 1 aromatic rings. The third-order valence-electron chi connectivity index (χ3n) is 4.02. The molecule has 0 aliphatic heterocycles. The van der Waals surface area contributed by atoms with Gasteiger partial charge < -0.3 is 28.4 Å². The van der Waals surface area contributed by atoms with E-state index in [1.54, 1.807) is 19.1 Å². The van der Waals surface area contributed by atoms with Crippen LogP contribution in [-0.4, -0.2) is 93.7 Å². The summed E-state index contributed by atoms with van der Waals surface area (Å²) in [5.74, 6) is -0.265. The molecule has 0 amide bonds. The zero-order chi connectivity index (χ0) is 24.2. The fourth-order valence-electron chi connectivity index (χ4n) is 2.35. The smallest absolute Gasteiger partial charge is 0.308 e. The number of benzene rings is 1. The highest BCUT2D eigenvalue weighted by atomic mass is 32.2. The second kappa shape index (κ2) is 18.8. The summed E-state index contributed by atoms with van der Waals surface area (Å²) >= 11 is 0. The minimum absolute atomic E-state index is 0.0598. The molecule has 0 saturated heterocycles.